The topological polar surface area (TPSA) is 59.8 Å². The number of amides is 1. The average molecular weight is 356 g/mol. The van der Waals surface area contributed by atoms with E-state index in [4.69, 9.17) is 0 Å². The predicted molar refractivity (Wildman–Crippen MR) is 107 cm³/mol. The summed E-state index contributed by atoms with van der Waals surface area (Å²) in [7, 11) is 0. The Balaban J connectivity index is 1.65. The number of benzene rings is 2. The van der Waals surface area contributed by atoms with Gasteiger partial charge < -0.3 is 4.57 Å². The van der Waals surface area contributed by atoms with Crippen molar-refractivity contribution in [1.82, 2.24) is 14.5 Å². The van der Waals surface area contributed by atoms with E-state index < -0.39 is 0 Å². The molecular formula is C22H20N4O. The Morgan fingerprint density at radius 1 is 1.00 bits per heavy atom. The average Bonchev–Trinajstić information content (AvgIpc) is 3.01. The molecule has 0 aliphatic heterocycles. The van der Waals surface area contributed by atoms with E-state index in [1.807, 2.05) is 48.5 Å². The lowest BCUT2D eigenvalue weighted by Crippen LogP contribution is -2.18. The number of pyridine rings is 1. The molecule has 4 aromatic rings. The number of imidazole rings is 1. The number of fused-ring (bicyclic) bond motifs is 1. The van der Waals surface area contributed by atoms with Crippen LogP contribution in [0.15, 0.2) is 73.1 Å². The first-order valence-electron chi connectivity index (χ1n) is 8.89. The van der Waals surface area contributed by atoms with Gasteiger partial charge in [-0.25, -0.2) is 4.98 Å². The predicted octanol–water partition coefficient (Wildman–Crippen LogP) is 3.97. The highest BCUT2D eigenvalue weighted by atomic mass is 16.1. The van der Waals surface area contributed by atoms with Gasteiger partial charge in [0.1, 0.15) is 0 Å². The van der Waals surface area contributed by atoms with E-state index in [0.717, 1.165) is 16.6 Å². The zero-order chi connectivity index (χ0) is 18.6. The van der Waals surface area contributed by atoms with Gasteiger partial charge in [0.2, 0.25) is 11.9 Å². The van der Waals surface area contributed by atoms with Crippen LogP contribution in [0, 0.1) is 6.92 Å². The minimum atomic E-state index is -0.0949. The van der Waals surface area contributed by atoms with Crippen molar-refractivity contribution in [3.8, 4) is 0 Å². The van der Waals surface area contributed by atoms with Crippen LogP contribution in [-0.2, 0) is 17.8 Å². The van der Waals surface area contributed by atoms with Crippen molar-refractivity contribution in [3.05, 3.63) is 89.7 Å². The van der Waals surface area contributed by atoms with E-state index >= 15 is 0 Å². The van der Waals surface area contributed by atoms with E-state index in [1.165, 1.54) is 11.1 Å². The Morgan fingerprint density at radius 2 is 1.74 bits per heavy atom. The molecule has 0 fully saturated rings. The van der Waals surface area contributed by atoms with Gasteiger partial charge in [-0.1, -0.05) is 36.4 Å². The molecule has 2 aromatic heterocycles. The molecule has 2 heterocycles. The van der Waals surface area contributed by atoms with Crippen molar-refractivity contribution < 1.29 is 4.79 Å². The zero-order valence-electron chi connectivity index (χ0n) is 15.1. The van der Waals surface area contributed by atoms with Crippen LogP contribution in [0.3, 0.4) is 0 Å². The molecule has 0 bridgehead atoms. The summed E-state index contributed by atoms with van der Waals surface area (Å²) in [6.45, 7) is 2.74. The second kappa shape index (κ2) is 7.41. The summed E-state index contributed by atoms with van der Waals surface area (Å²) in [4.78, 5) is 21.2. The van der Waals surface area contributed by atoms with E-state index in [0.29, 0.717) is 12.5 Å². The first-order chi connectivity index (χ1) is 13.2. The van der Waals surface area contributed by atoms with E-state index in [1.54, 1.807) is 12.4 Å². The van der Waals surface area contributed by atoms with Crippen LogP contribution >= 0.6 is 0 Å². The molecule has 5 nitrogen and oxygen atoms in total. The van der Waals surface area contributed by atoms with Crippen LogP contribution in [0.25, 0.3) is 11.0 Å². The molecule has 0 saturated heterocycles. The van der Waals surface area contributed by atoms with E-state index in [9.17, 15) is 4.79 Å². The number of hydrogen-bond donors (Lipinski definition) is 1. The third-order valence-corrected chi connectivity index (χ3v) is 4.61. The SMILES string of the molecule is Cc1ccccc1Cn1c(NC(=O)Cc2ccncc2)nc2ccccc21. The minimum Gasteiger partial charge on any atom is -0.305 e. The van der Waals surface area contributed by atoms with Gasteiger partial charge in [-0.15, -0.1) is 0 Å². The fraction of sp³-hybridized carbons (Fsp3) is 0.136. The smallest absolute Gasteiger partial charge is 0.231 e. The highest BCUT2D eigenvalue weighted by Crippen LogP contribution is 2.22. The number of carbonyl (C=O) groups is 1. The van der Waals surface area contributed by atoms with E-state index in [-0.39, 0.29) is 12.3 Å². The van der Waals surface area contributed by atoms with Gasteiger partial charge in [-0.05, 0) is 47.9 Å². The first-order valence-corrected chi connectivity index (χ1v) is 8.89. The number of aromatic nitrogens is 3. The Morgan fingerprint density at radius 3 is 2.56 bits per heavy atom. The van der Waals surface area contributed by atoms with Crippen molar-refractivity contribution in [2.45, 2.75) is 19.9 Å². The normalized spacial score (nSPS) is 10.9. The molecule has 4 rings (SSSR count). The molecule has 0 spiro atoms. The molecule has 0 atom stereocenters. The zero-order valence-corrected chi connectivity index (χ0v) is 15.1. The number of nitrogens with zero attached hydrogens (tertiary/aromatic N) is 3. The van der Waals surface area contributed by atoms with Crippen molar-refractivity contribution >= 4 is 22.9 Å². The Labute approximate surface area is 157 Å². The standard InChI is InChI=1S/C22H20N4O/c1-16-6-2-3-7-18(16)15-26-20-9-5-4-8-19(20)24-22(26)25-21(27)14-17-10-12-23-13-11-17/h2-13H,14-15H2,1H3,(H,24,25,27). The summed E-state index contributed by atoms with van der Waals surface area (Å²) < 4.78 is 2.06. The maximum Gasteiger partial charge on any atom is 0.231 e. The number of aryl methyl sites for hydroxylation is 1. The summed E-state index contributed by atoms with van der Waals surface area (Å²) in [5, 5.41) is 2.98. The number of para-hydroxylation sites is 2. The summed E-state index contributed by atoms with van der Waals surface area (Å²) in [6, 6.07) is 19.9. The molecule has 1 amide bonds. The second-order valence-corrected chi connectivity index (χ2v) is 6.52. The van der Waals surface area contributed by atoms with Crippen LogP contribution in [0.4, 0.5) is 5.95 Å². The lowest BCUT2D eigenvalue weighted by molar-refractivity contribution is -0.115. The van der Waals surface area contributed by atoms with Crippen molar-refractivity contribution in [3.63, 3.8) is 0 Å². The summed E-state index contributed by atoms with van der Waals surface area (Å²) >= 11 is 0. The number of hydrogen-bond acceptors (Lipinski definition) is 3. The summed E-state index contributed by atoms with van der Waals surface area (Å²) in [5.41, 5.74) is 5.20. The Bertz CT molecular complexity index is 1090. The molecule has 1 N–H and O–H groups in total. The molecule has 0 aliphatic rings. The second-order valence-electron chi connectivity index (χ2n) is 6.52. The molecular weight excluding hydrogens is 336 g/mol. The monoisotopic (exact) mass is 356 g/mol. The molecule has 0 saturated carbocycles. The van der Waals surface area contributed by atoms with Gasteiger partial charge in [-0.2, -0.15) is 0 Å². The number of rotatable bonds is 5. The molecule has 5 heteroatoms. The van der Waals surface area contributed by atoms with Gasteiger partial charge in [0, 0.05) is 12.4 Å². The fourth-order valence-corrected chi connectivity index (χ4v) is 3.14. The van der Waals surface area contributed by atoms with Gasteiger partial charge in [0.05, 0.1) is 24.0 Å². The molecule has 134 valence electrons. The maximum absolute atomic E-state index is 12.5. The van der Waals surface area contributed by atoms with Crippen LogP contribution in [0.5, 0.6) is 0 Å². The number of anilines is 1. The third kappa shape index (κ3) is 3.72. The first kappa shape index (κ1) is 17.0. The lowest BCUT2D eigenvalue weighted by Gasteiger charge is -2.12. The minimum absolute atomic E-state index is 0.0949. The summed E-state index contributed by atoms with van der Waals surface area (Å²) in [6.07, 6.45) is 3.67. The quantitative estimate of drug-likeness (QED) is 0.589. The van der Waals surface area contributed by atoms with Gasteiger partial charge in [-0.3, -0.25) is 15.1 Å². The number of nitrogens with one attached hydrogen (secondary N) is 1. The highest BCUT2D eigenvalue weighted by molar-refractivity contribution is 5.92. The fourth-order valence-electron chi connectivity index (χ4n) is 3.14. The molecule has 0 radical (unpaired) electrons. The number of carbonyl (C=O) groups excluding carboxylic acids is 1. The van der Waals surface area contributed by atoms with Crippen LogP contribution in [-0.4, -0.2) is 20.4 Å². The van der Waals surface area contributed by atoms with Crippen LogP contribution in [0.2, 0.25) is 0 Å². The van der Waals surface area contributed by atoms with Crippen molar-refractivity contribution in [1.29, 1.82) is 0 Å². The Hall–Kier alpha value is -3.47. The Kier molecular flexibility index (Phi) is 4.66. The highest BCUT2D eigenvalue weighted by Gasteiger charge is 2.14. The van der Waals surface area contributed by atoms with Crippen molar-refractivity contribution in [2.24, 2.45) is 0 Å². The third-order valence-electron chi connectivity index (χ3n) is 4.61. The molecule has 0 unspecified atom stereocenters. The molecule has 27 heavy (non-hydrogen) atoms. The van der Waals surface area contributed by atoms with Crippen molar-refractivity contribution in [2.75, 3.05) is 5.32 Å². The van der Waals surface area contributed by atoms with Gasteiger partial charge in [0.15, 0.2) is 0 Å². The van der Waals surface area contributed by atoms with Gasteiger partial charge >= 0.3 is 0 Å². The van der Waals surface area contributed by atoms with Crippen LogP contribution < -0.4 is 5.32 Å². The summed E-state index contributed by atoms with van der Waals surface area (Å²) in [5.74, 6) is 0.473. The lowest BCUT2D eigenvalue weighted by atomic mass is 10.1. The molecule has 0 aliphatic carbocycles. The largest absolute Gasteiger partial charge is 0.305 e. The van der Waals surface area contributed by atoms with E-state index in [2.05, 4.69) is 38.9 Å². The van der Waals surface area contributed by atoms with Gasteiger partial charge in [0.25, 0.3) is 0 Å². The van der Waals surface area contributed by atoms with Crippen LogP contribution in [0.1, 0.15) is 16.7 Å². The maximum atomic E-state index is 12.5. The molecule has 2 aromatic carbocycles.